The number of carbonyl (C=O) groups is 1. The van der Waals surface area contributed by atoms with Crippen molar-refractivity contribution < 1.29 is 14.3 Å². The molecule has 0 aliphatic rings. The zero-order valence-corrected chi connectivity index (χ0v) is 19.0. The molecule has 0 bridgehead atoms. The van der Waals surface area contributed by atoms with Crippen molar-refractivity contribution in [1.29, 1.82) is 0 Å². The minimum atomic E-state index is -0.108. The quantitative estimate of drug-likeness (QED) is 0.483. The summed E-state index contributed by atoms with van der Waals surface area (Å²) >= 11 is 0. The lowest BCUT2D eigenvalue weighted by Crippen LogP contribution is -2.38. The smallest absolute Gasteiger partial charge is 0.251 e. The minimum absolute atomic E-state index is 0.0612. The van der Waals surface area contributed by atoms with E-state index in [4.69, 9.17) is 9.47 Å². The van der Waals surface area contributed by atoms with Gasteiger partial charge in [0.2, 0.25) is 0 Å². The number of amides is 1. The van der Waals surface area contributed by atoms with E-state index < -0.39 is 0 Å². The third kappa shape index (κ3) is 6.31. The van der Waals surface area contributed by atoms with Crippen LogP contribution in [0.15, 0.2) is 73.1 Å². The molecule has 0 saturated carbocycles. The van der Waals surface area contributed by atoms with E-state index in [-0.39, 0.29) is 11.9 Å². The molecule has 0 radical (unpaired) electrons. The summed E-state index contributed by atoms with van der Waals surface area (Å²) < 4.78 is 11.2. The van der Waals surface area contributed by atoms with Crippen LogP contribution in [-0.4, -0.2) is 42.5 Å². The maximum absolute atomic E-state index is 12.8. The van der Waals surface area contributed by atoms with Crippen LogP contribution < -0.4 is 14.8 Å². The molecule has 168 valence electrons. The first kappa shape index (κ1) is 23.3. The summed E-state index contributed by atoms with van der Waals surface area (Å²) in [5.41, 5.74) is 2.71. The Hall–Kier alpha value is -3.38. The lowest BCUT2D eigenvalue weighted by atomic mass is 10.0. The second kappa shape index (κ2) is 11.9. The molecule has 6 nitrogen and oxygen atoms in total. The predicted octanol–water partition coefficient (Wildman–Crippen LogP) is 4.48. The van der Waals surface area contributed by atoms with E-state index in [1.54, 1.807) is 31.6 Å². The Morgan fingerprint density at radius 3 is 2.47 bits per heavy atom. The molecule has 1 N–H and O–H groups in total. The van der Waals surface area contributed by atoms with Gasteiger partial charge in [-0.2, -0.15) is 0 Å². The van der Waals surface area contributed by atoms with E-state index in [9.17, 15) is 4.79 Å². The monoisotopic (exact) mass is 433 g/mol. The van der Waals surface area contributed by atoms with Crippen LogP contribution in [0.2, 0.25) is 0 Å². The van der Waals surface area contributed by atoms with Gasteiger partial charge in [-0.3, -0.25) is 14.7 Å². The first-order valence-electron chi connectivity index (χ1n) is 10.9. The molecule has 2 aromatic carbocycles. The number of nitrogens with zero attached hydrogens (tertiary/aromatic N) is 2. The highest BCUT2D eigenvalue weighted by molar-refractivity contribution is 5.94. The van der Waals surface area contributed by atoms with Crippen LogP contribution in [0, 0.1) is 0 Å². The summed E-state index contributed by atoms with van der Waals surface area (Å²) in [6.07, 6.45) is 3.51. The molecule has 1 aromatic heterocycles. The van der Waals surface area contributed by atoms with E-state index in [1.165, 1.54) is 0 Å². The Bertz CT molecular complexity index is 973. The average molecular weight is 434 g/mol. The van der Waals surface area contributed by atoms with E-state index >= 15 is 0 Å². The third-order valence-electron chi connectivity index (χ3n) is 5.43. The summed E-state index contributed by atoms with van der Waals surface area (Å²) in [6.45, 7) is 6.97. The molecule has 6 heteroatoms. The largest absolute Gasteiger partial charge is 0.497 e. The number of ether oxygens (including phenoxy) is 2. The molecule has 1 amide bonds. The summed E-state index contributed by atoms with van der Waals surface area (Å²) in [5, 5.41) is 3.09. The third-order valence-corrected chi connectivity index (χ3v) is 5.43. The van der Waals surface area contributed by atoms with Crippen LogP contribution in [0.3, 0.4) is 0 Å². The molecule has 0 saturated heterocycles. The maximum Gasteiger partial charge on any atom is 0.251 e. The normalized spacial score (nSPS) is 11.8. The molecule has 3 aromatic rings. The van der Waals surface area contributed by atoms with Crippen LogP contribution in [0.25, 0.3) is 0 Å². The topological polar surface area (TPSA) is 63.7 Å². The summed E-state index contributed by atoms with van der Waals surface area (Å²) in [5.74, 6) is 1.42. The Balaban J connectivity index is 1.62. The first-order chi connectivity index (χ1) is 15.6. The molecule has 3 rings (SSSR count). The number of methoxy groups -OCH3 is 1. The standard InChI is InChI=1S/C26H31N3O3/c1-4-29(5-2)25(22-9-6-10-24(16-22)31-3)18-28-26(30)21-11-13-23(14-12-21)32-19-20-8-7-15-27-17-20/h6-17,25H,4-5,18-19H2,1-3H3,(H,28,30). The second-order valence-electron chi connectivity index (χ2n) is 7.40. The number of carbonyl (C=O) groups excluding carboxylic acids is 1. The van der Waals surface area contributed by atoms with Crippen molar-refractivity contribution in [1.82, 2.24) is 15.2 Å². The van der Waals surface area contributed by atoms with Crippen LogP contribution in [0.4, 0.5) is 0 Å². The highest BCUT2D eigenvalue weighted by Crippen LogP contribution is 2.24. The van der Waals surface area contributed by atoms with Gasteiger partial charge in [-0.1, -0.05) is 32.0 Å². The highest BCUT2D eigenvalue weighted by Gasteiger charge is 2.20. The van der Waals surface area contributed by atoms with E-state index in [1.807, 2.05) is 42.5 Å². The fourth-order valence-corrected chi connectivity index (χ4v) is 3.62. The number of hydrogen-bond acceptors (Lipinski definition) is 5. The molecule has 32 heavy (non-hydrogen) atoms. The fraction of sp³-hybridized carbons (Fsp3) is 0.308. The molecular weight excluding hydrogens is 402 g/mol. The van der Waals surface area contributed by atoms with Crippen LogP contribution in [-0.2, 0) is 6.61 Å². The molecule has 1 unspecified atom stereocenters. The summed E-state index contributed by atoms with van der Waals surface area (Å²) in [4.78, 5) is 19.2. The van der Waals surface area contributed by atoms with Gasteiger partial charge in [-0.05, 0) is 61.1 Å². The summed E-state index contributed by atoms with van der Waals surface area (Å²) in [7, 11) is 1.66. The number of benzene rings is 2. The number of rotatable bonds is 11. The lowest BCUT2D eigenvalue weighted by Gasteiger charge is -2.30. The Morgan fingerprint density at radius 2 is 1.81 bits per heavy atom. The number of likely N-dealkylation sites (N-methyl/N-ethyl adjacent to an activating group) is 1. The van der Waals surface area contributed by atoms with E-state index in [2.05, 4.69) is 35.1 Å². The van der Waals surface area contributed by atoms with Gasteiger partial charge < -0.3 is 14.8 Å². The van der Waals surface area contributed by atoms with Gasteiger partial charge in [-0.15, -0.1) is 0 Å². The van der Waals surface area contributed by atoms with Crippen molar-refractivity contribution in [2.45, 2.75) is 26.5 Å². The van der Waals surface area contributed by atoms with Gasteiger partial charge in [0.15, 0.2) is 0 Å². The van der Waals surface area contributed by atoms with E-state index in [0.717, 1.165) is 30.0 Å². The van der Waals surface area contributed by atoms with Crippen molar-refractivity contribution in [2.24, 2.45) is 0 Å². The van der Waals surface area contributed by atoms with Gasteiger partial charge >= 0.3 is 0 Å². The fourth-order valence-electron chi connectivity index (χ4n) is 3.62. The summed E-state index contributed by atoms with van der Waals surface area (Å²) in [6, 6.07) is 19.1. The van der Waals surface area contributed by atoms with Crippen molar-refractivity contribution in [3.63, 3.8) is 0 Å². The van der Waals surface area contributed by atoms with Gasteiger partial charge in [0, 0.05) is 30.1 Å². The molecule has 0 spiro atoms. The highest BCUT2D eigenvalue weighted by atomic mass is 16.5. The number of hydrogen-bond donors (Lipinski definition) is 1. The average Bonchev–Trinajstić information content (AvgIpc) is 2.86. The Labute approximate surface area is 190 Å². The van der Waals surface area contributed by atoms with Crippen molar-refractivity contribution in [3.05, 3.63) is 89.7 Å². The van der Waals surface area contributed by atoms with Crippen LogP contribution in [0.1, 0.15) is 41.4 Å². The Kier molecular flexibility index (Phi) is 8.63. The number of pyridine rings is 1. The molecule has 0 fully saturated rings. The number of aromatic nitrogens is 1. The van der Waals surface area contributed by atoms with Crippen LogP contribution >= 0.6 is 0 Å². The molecular formula is C26H31N3O3. The van der Waals surface area contributed by atoms with Gasteiger partial charge in [-0.25, -0.2) is 0 Å². The van der Waals surface area contributed by atoms with Gasteiger partial charge in [0.1, 0.15) is 18.1 Å². The number of nitrogens with one attached hydrogen (secondary N) is 1. The van der Waals surface area contributed by atoms with Crippen molar-refractivity contribution in [3.8, 4) is 11.5 Å². The van der Waals surface area contributed by atoms with Crippen LogP contribution in [0.5, 0.6) is 11.5 Å². The first-order valence-corrected chi connectivity index (χ1v) is 10.9. The van der Waals surface area contributed by atoms with E-state index in [0.29, 0.717) is 24.5 Å². The molecule has 0 aliphatic carbocycles. The second-order valence-corrected chi connectivity index (χ2v) is 7.40. The molecule has 1 atom stereocenters. The minimum Gasteiger partial charge on any atom is -0.497 e. The van der Waals surface area contributed by atoms with Crippen molar-refractivity contribution >= 4 is 5.91 Å². The molecule has 1 heterocycles. The SMILES string of the molecule is CCN(CC)C(CNC(=O)c1ccc(OCc2cccnc2)cc1)c1cccc(OC)c1. The lowest BCUT2D eigenvalue weighted by molar-refractivity contribution is 0.0935. The maximum atomic E-state index is 12.8. The van der Waals surface area contributed by atoms with Gasteiger partial charge in [0.05, 0.1) is 13.2 Å². The predicted molar refractivity (Wildman–Crippen MR) is 126 cm³/mol. The Morgan fingerprint density at radius 1 is 1.03 bits per heavy atom. The zero-order chi connectivity index (χ0) is 22.8. The zero-order valence-electron chi connectivity index (χ0n) is 19.0. The van der Waals surface area contributed by atoms with Crippen molar-refractivity contribution in [2.75, 3.05) is 26.7 Å². The van der Waals surface area contributed by atoms with Gasteiger partial charge in [0.25, 0.3) is 5.91 Å². The molecule has 0 aliphatic heterocycles.